The van der Waals surface area contributed by atoms with Crippen LogP contribution in [-0.2, 0) is 17.8 Å². The summed E-state index contributed by atoms with van der Waals surface area (Å²) in [7, 11) is 0. The SMILES string of the molecule is CC(=O)CN1CCc2ccccc2C1.Cl. The fraction of sp³-hybridized carbons (Fsp3) is 0.417. The van der Waals surface area contributed by atoms with Gasteiger partial charge in [0.15, 0.2) is 0 Å². The maximum absolute atomic E-state index is 11.0. The highest BCUT2D eigenvalue weighted by atomic mass is 35.5. The smallest absolute Gasteiger partial charge is 0.143 e. The zero-order valence-electron chi connectivity index (χ0n) is 8.90. The molecule has 1 aliphatic heterocycles. The van der Waals surface area contributed by atoms with E-state index >= 15 is 0 Å². The van der Waals surface area contributed by atoms with Gasteiger partial charge in [-0.2, -0.15) is 0 Å². The van der Waals surface area contributed by atoms with Gasteiger partial charge in [-0.3, -0.25) is 9.69 Å². The number of nitrogens with zero attached hydrogens (tertiary/aromatic N) is 1. The summed E-state index contributed by atoms with van der Waals surface area (Å²) in [5.74, 6) is 0.254. The third-order valence-corrected chi connectivity index (χ3v) is 2.66. The molecular weight excluding hydrogens is 210 g/mol. The van der Waals surface area contributed by atoms with E-state index in [2.05, 4.69) is 29.2 Å². The van der Waals surface area contributed by atoms with Gasteiger partial charge in [0.1, 0.15) is 5.78 Å². The number of hydrogen-bond acceptors (Lipinski definition) is 2. The summed E-state index contributed by atoms with van der Waals surface area (Å²) in [5.41, 5.74) is 2.81. The number of ketones is 1. The largest absolute Gasteiger partial charge is 0.299 e. The van der Waals surface area contributed by atoms with Crippen LogP contribution in [0.3, 0.4) is 0 Å². The molecule has 0 fully saturated rings. The molecule has 2 rings (SSSR count). The number of fused-ring (bicyclic) bond motifs is 1. The Hall–Kier alpha value is -0.860. The van der Waals surface area contributed by atoms with Crippen LogP contribution in [0.5, 0.6) is 0 Å². The van der Waals surface area contributed by atoms with Crippen LogP contribution in [0.25, 0.3) is 0 Å². The van der Waals surface area contributed by atoms with Crippen molar-refractivity contribution in [3.8, 4) is 0 Å². The molecule has 0 atom stereocenters. The number of Topliss-reactive ketones (excluding diaryl/α,β-unsaturated/α-hetero) is 1. The molecule has 0 saturated heterocycles. The van der Waals surface area contributed by atoms with Crippen LogP contribution >= 0.6 is 12.4 Å². The summed E-state index contributed by atoms with van der Waals surface area (Å²) in [4.78, 5) is 13.2. The molecule has 3 heteroatoms. The Bertz CT molecular complexity index is 351. The second kappa shape index (κ2) is 5.29. The predicted molar refractivity (Wildman–Crippen MR) is 63.4 cm³/mol. The highest BCUT2D eigenvalue weighted by Crippen LogP contribution is 2.17. The van der Waals surface area contributed by atoms with Crippen LogP contribution in [0.4, 0.5) is 0 Å². The Morgan fingerprint density at radius 2 is 2.00 bits per heavy atom. The quantitative estimate of drug-likeness (QED) is 0.768. The fourth-order valence-electron chi connectivity index (χ4n) is 2.00. The number of halogens is 1. The van der Waals surface area contributed by atoms with Crippen LogP contribution in [-0.4, -0.2) is 23.8 Å². The normalized spacial score (nSPS) is 15.3. The highest BCUT2D eigenvalue weighted by molar-refractivity contribution is 5.85. The van der Waals surface area contributed by atoms with Crippen molar-refractivity contribution in [2.75, 3.05) is 13.1 Å². The van der Waals surface area contributed by atoms with Crippen molar-refractivity contribution in [1.29, 1.82) is 0 Å². The van der Waals surface area contributed by atoms with Gasteiger partial charge in [-0.15, -0.1) is 12.4 Å². The van der Waals surface area contributed by atoms with Crippen LogP contribution in [0.15, 0.2) is 24.3 Å². The number of benzene rings is 1. The molecular formula is C12H16ClNO. The van der Waals surface area contributed by atoms with E-state index in [0.29, 0.717) is 6.54 Å². The second-order valence-corrected chi connectivity index (χ2v) is 3.93. The average molecular weight is 226 g/mol. The van der Waals surface area contributed by atoms with Crippen molar-refractivity contribution in [1.82, 2.24) is 4.90 Å². The lowest BCUT2D eigenvalue weighted by molar-refractivity contribution is -0.118. The van der Waals surface area contributed by atoms with Crippen LogP contribution in [0, 0.1) is 0 Å². The predicted octanol–water partition coefficient (Wildman–Crippen LogP) is 2.06. The lowest BCUT2D eigenvalue weighted by Gasteiger charge is -2.27. The van der Waals surface area contributed by atoms with Crippen molar-refractivity contribution in [2.45, 2.75) is 19.9 Å². The number of carbonyl (C=O) groups is 1. The fourth-order valence-corrected chi connectivity index (χ4v) is 2.00. The zero-order chi connectivity index (χ0) is 9.97. The molecule has 1 heterocycles. The van der Waals surface area contributed by atoms with Gasteiger partial charge in [-0.05, 0) is 24.5 Å². The topological polar surface area (TPSA) is 20.3 Å². The average Bonchev–Trinajstić information content (AvgIpc) is 2.17. The maximum Gasteiger partial charge on any atom is 0.143 e. The molecule has 0 amide bonds. The number of rotatable bonds is 2. The van der Waals surface area contributed by atoms with Gasteiger partial charge >= 0.3 is 0 Å². The van der Waals surface area contributed by atoms with E-state index in [9.17, 15) is 4.79 Å². The third kappa shape index (κ3) is 3.05. The Balaban J connectivity index is 0.00000112. The van der Waals surface area contributed by atoms with Gasteiger partial charge in [-0.1, -0.05) is 24.3 Å². The first-order valence-corrected chi connectivity index (χ1v) is 5.04. The van der Waals surface area contributed by atoms with Crippen LogP contribution < -0.4 is 0 Å². The first kappa shape index (κ1) is 12.2. The van der Waals surface area contributed by atoms with E-state index in [1.165, 1.54) is 11.1 Å². The third-order valence-electron chi connectivity index (χ3n) is 2.66. The first-order chi connectivity index (χ1) is 6.75. The summed E-state index contributed by atoms with van der Waals surface area (Å²) in [6, 6.07) is 8.48. The van der Waals surface area contributed by atoms with Gasteiger partial charge in [0, 0.05) is 13.1 Å². The lowest BCUT2D eigenvalue weighted by atomic mass is 10.00. The number of hydrogen-bond donors (Lipinski definition) is 0. The van der Waals surface area contributed by atoms with E-state index in [1.54, 1.807) is 6.92 Å². The Morgan fingerprint density at radius 3 is 2.67 bits per heavy atom. The molecule has 2 nitrogen and oxygen atoms in total. The molecule has 82 valence electrons. The Labute approximate surface area is 96.7 Å². The van der Waals surface area contributed by atoms with E-state index in [4.69, 9.17) is 0 Å². The summed E-state index contributed by atoms with van der Waals surface area (Å²) in [6.07, 6.45) is 1.07. The summed E-state index contributed by atoms with van der Waals surface area (Å²) in [5, 5.41) is 0. The van der Waals surface area contributed by atoms with Crippen molar-refractivity contribution >= 4 is 18.2 Å². The Morgan fingerprint density at radius 1 is 1.33 bits per heavy atom. The van der Waals surface area contributed by atoms with Crippen LogP contribution in [0.2, 0.25) is 0 Å². The molecule has 0 unspecified atom stereocenters. The van der Waals surface area contributed by atoms with E-state index in [-0.39, 0.29) is 18.2 Å². The van der Waals surface area contributed by atoms with Gasteiger partial charge in [0.25, 0.3) is 0 Å². The summed E-state index contributed by atoms with van der Waals surface area (Å²) >= 11 is 0. The molecule has 1 aromatic rings. The van der Waals surface area contributed by atoms with Crippen molar-refractivity contribution in [3.05, 3.63) is 35.4 Å². The van der Waals surface area contributed by atoms with Gasteiger partial charge in [0.2, 0.25) is 0 Å². The molecule has 0 N–H and O–H groups in total. The van der Waals surface area contributed by atoms with E-state index in [0.717, 1.165) is 19.5 Å². The zero-order valence-corrected chi connectivity index (χ0v) is 9.72. The second-order valence-electron chi connectivity index (χ2n) is 3.93. The van der Waals surface area contributed by atoms with Crippen molar-refractivity contribution < 1.29 is 4.79 Å². The van der Waals surface area contributed by atoms with E-state index < -0.39 is 0 Å². The van der Waals surface area contributed by atoms with Gasteiger partial charge in [0.05, 0.1) is 6.54 Å². The lowest BCUT2D eigenvalue weighted by Crippen LogP contribution is -2.33. The molecule has 0 bridgehead atoms. The monoisotopic (exact) mass is 225 g/mol. The molecule has 0 saturated carbocycles. The van der Waals surface area contributed by atoms with Crippen molar-refractivity contribution in [3.63, 3.8) is 0 Å². The van der Waals surface area contributed by atoms with Crippen molar-refractivity contribution in [2.24, 2.45) is 0 Å². The van der Waals surface area contributed by atoms with Gasteiger partial charge < -0.3 is 0 Å². The number of carbonyl (C=O) groups excluding carboxylic acids is 1. The molecule has 0 radical (unpaired) electrons. The van der Waals surface area contributed by atoms with Gasteiger partial charge in [-0.25, -0.2) is 0 Å². The molecule has 0 spiro atoms. The molecule has 0 aliphatic carbocycles. The highest BCUT2D eigenvalue weighted by Gasteiger charge is 2.15. The minimum atomic E-state index is 0. The maximum atomic E-state index is 11.0. The van der Waals surface area contributed by atoms with E-state index in [1.807, 2.05) is 0 Å². The summed E-state index contributed by atoms with van der Waals surface area (Å²) in [6.45, 7) is 4.18. The minimum absolute atomic E-state index is 0. The summed E-state index contributed by atoms with van der Waals surface area (Å²) < 4.78 is 0. The first-order valence-electron chi connectivity index (χ1n) is 5.04. The standard InChI is InChI=1S/C12H15NO.ClH/c1-10(14)8-13-7-6-11-4-2-3-5-12(11)9-13;/h2-5H,6-9H2,1H3;1H. The minimum Gasteiger partial charge on any atom is -0.299 e. The molecule has 15 heavy (non-hydrogen) atoms. The molecule has 1 aliphatic rings. The Kier molecular flexibility index (Phi) is 4.30. The molecule has 1 aromatic carbocycles. The van der Waals surface area contributed by atoms with Crippen LogP contribution in [0.1, 0.15) is 18.1 Å². The molecule has 0 aromatic heterocycles.